The van der Waals surface area contributed by atoms with E-state index in [1.165, 1.54) is 32.5 Å². The molecule has 3 heteroatoms. The second-order valence-corrected chi connectivity index (χ2v) is 3.95. The highest BCUT2D eigenvalue weighted by Gasteiger charge is 2.17. The van der Waals surface area contributed by atoms with Gasteiger partial charge in [-0.05, 0) is 38.4 Å². The van der Waals surface area contributed by atoms with Crippen LogP contribution >= 0.6 is 0 Å². The van der Waals surface area contributed by atoms with Gasteiger partial charge < -0.3 is 14.4 Å². The molecule has 1 fully saturated rings. The summed E-state index contributed by atoms with van der Waals surface area (Å²) in [5.41, 5.74) is 0. The van der Waals surface area contributed by atoms with Gasteiger partial charge in [0.15, 0.2) is 0 Å². The van der Waals surface area contributed by atoms with Crippen LogP contribution < -0.4 is 0 Å². The molecule has 3 nitrogen and oxygen atoms in total. The van der Waals surface area contributed by atoms with E-state index in [1.807, 2.05) is 0 Å². The van der Waals surface area contributed by atoms with Gasteiger partial charge in [0.05, 0.1) is 13.2 Å². The number of hydrogen-bond donors (Lipinski definition) is 0. The fraction of sp³-hybridized carbons (Fsp3) is 1.00. The van der Waals surface area contributed by atoms with Gasteiger partial charge in [-0.2, -0.15) is 0 Å². The first-order valence-electron chi connectivity index (χ1n) is 5.65. The predicted molar refractivity (Wildman–Crippen MR) is 57.5 cm³/mol. The average Bonchev–Trinajstić information content (AvgIpc) is 2.25. The van der Waals surface area contributed by atoms with E-state index in [0.29, 0.717) is 6.61 Å². The van der Waals surface area contributed by atoms with Crippen LogP contribution in [0.2, 0.25) is 0 Å². The maximum absolute atomic E-state index is 5.54. The maximum atomic E-state index is 5.54. The molecule has 0 bridgehead atoms. The average molecular weight is 201 g/mol. The van der Waals surface area contributed by atoms with Crippen LogP contribution in [-0.2, 0) is 9.47 Å². The van der Waals surface area contributed by atoms with Crippen molar-refractivity contribution in [1.82, 2.24) is 4.90 Å². The molecule has 1 aliphatic rings. The molecule has 1 rings (SSSR count). The molecule has 1 saturated heterocycles. The Morgan fingerprint density at radius 1 is 1.21 bits per heavy atom. The standard InChI is InChI=1S/C11H23NO2/c1-3-12-6-4-11(5-7-12)10-14-9-8-13-2/h11H,3-10H2,1-2H3. The Morgan fingerprint density at radius 3 is 2.50 bits per heavy atom. The van der Waals surface area contributed by atoms with Crippen molar-refractivity contribution in [2.45, 2.75) is 19.8 Å². The van der Waals surface area contributed by atoms with Gasteiger partial charge in [-0.3, -0.25) is 0 Å². The topological polar surface area (TPSA) is 21.7 Å². The molecule has 0 N–H and O–H groups in total. The van der Waals surface area contributed by atoms with E-state index in [2.05, 4.69) is 11.8 Å². The van der Waals surface area contributed by atoms with Crippen molar-refractivity contribution in [2.75, 3.05) is 46.6 Å². The Kier molecular flexibility index (Phi) is 6.15. The zero-order valence-electron chi connectivity index (χ0n) is 9.50. The van der Waals surface area contributed by atoms with Crippen molar-refractivity contribution in [3.63, 3.8) is 0 Å². The van der Waals surface area contributed by atoms with E-state index < -0.39 is 0 Å². The summed E-state index contributed by atoms with van der Waals surface area (Å²) in [7, 11) is 1.71. The third-order valence-corrected chi connectivity index (χ3v) is 2.94. The fourth-order valence-corrected chi connectivity index (χ4v) is 1.86. The van der Waals surface area contributed by atoms with Crippen LogP contribution in [-0.4, -0.2) is 51.5 Å². The summed E-state index contributed by atoms with van der Waals surface area (Å²) < 4.78 is 10.5. The number of likely N-dealkylation sites (tertiary alicyclic amines) is 1. The van der Waals surface area contributed by atoms with Gasteiger partial charge in [-0.15, -0.1) is 0 Å². The molecule has 0 atom stereocenters. The Morgan fingerprint density at radius 2 is 1.93 bits per heavy atom. The van der Waals surface area contributed by atoms with Crippen molar-refractivity contribution < 1.29 is 9.47 Å². The maximum Gasteiger partial charge on any atom is 0.0700 e. The van der Waals surface area contributed by atoms with Gasteiger partial charge in [-0.1, -0.05) is 6.92 Å². The lowest BCUT2D eigenvalue weighted by molar-refractivity contribution is 0.0354. The third kappa shape index (κ3) is 4.40. The van der Waals surface area contributed by atoms with Crippen LogP contribution in [0.3, 0.4) is 0 Å². The number of nitrogens with zero attached hydrogens (tertiary/aromatic N) is 1. The number of methoxy groups -OCH3 is 1. The monoisotopic (exact) mass is 201 g/mol. The molecule has 0 aromatic carbocycles. The molecule has 1 heterocycles. The zero-order valence-corrected chi connectivity index (χ0v) is 9.50. The SMILES string of the molecule is CCN1CCC(COCCOC)CC1. The Hall–Kier alpha value is -0.120. The van der Waals surface area contributed by atoms with E-state index in [-0.39, 0.29) is 0 Å². The normalized spacial score (nSPS) is 20.1. The van der Waals surface area contributed by atoms with Crippen LogP contribution in [0.25, 0.3) is 0 Å². The van der Waals surface area contributed by atoms with Crippen molar-refractivity contribution in [2.24, 2.45) is 5.92 Å². The van der Waals surface area contributed by atoms with E-state index in [4.69, 9.17) is 9.47 Å². The fourth-order valence-electron chi connectivity index (χ4n) is 1.86. The molecular formula is C11H23NO2. The quantitative estimate of drug-likeness (QED) is 0.606. The predicted octanol–water partition coefficient (Wildman–Crippen LogP) is 1.38. The summed E-state index contributed by atoms with van der Waals surface area (Å²) >= 11 is 0. The minimum absolute atomic E-state index is 0.716. The molecule has 0 saturated carbocycles. The van der Waals surface area contributed by atoms with E-state index in [9.17, 15) is 0 Å². The van der Waals surface area contributed by atoms with Gasteiger partial charge in [0.25, 0.3) is 0 Å². The summed E-state index contributed by atoms with van der Waals surface area (Å²) in [6, 6.07) is 0. The Labute approximate surface area is 87.4 Å². The molecule has 0 spiro atoms. The summed E-state index contributed by atoms with van der Waals surface area (Å²) in [4.78, 5) is 2.51. The van der Waals surface area contributed by atoms with Crippen LogP contribution in [0, 0.1) is 5.92 Å². The second-order valence-electron chi connectivity index (χ2n) is 3.95. The molecular weight excluding hydrogens is 178 g/mol. The first kappa shape index (κ1) is 12.0. The minimum Gasteiger partial charge on any atom is -0.382 e. The largest absolute Gasteiger partial charge is 0.382 e. The smallest absolute Gasteiger partial charge is 0.0700 e. The molecule has 0 unspecified atom stereocenters. The minimum atomic E-state index is 0.716. The highest BCUT2D eigenvalue weighted by molar-refractivity contribution is 4.70. The number of piperidine rings is 1. The lowest BCUT2D eigenvalue weighted by Gasteiger charge is -2.30. The lowest BCUT2D eigenvalue weighted by Crippen LogP contribution is -2.34. The Balaban J connectivity index is 1.98. The van der Waals surface area contributed by atoms with E-state index in [0.717, 1.165) is 19.1 Å². The number of ether oxygens (including phenoxy) is 2. The highest BCUT2D eigenvalue weighted by Crippen LogP contribution is 2.16. The van der Waals surface area contributed by atoms with Gasteiger partial charge in [0.2, 0.25) is 0 Å². The molecule has 84 valence electrons. The second kappa shape index (κ2) is 7.21. The Bertz CT molecular complexity index is 133. The summed E-state index contributed by atoms with van der Waals surface area (Å²) in [6.45, 7) is 8.29. The first-order chi connectivity index (χ1) is 6.86. The van der Waals surface area contributed by atoms with Gasteiger partial charge in [-0.25, -0.2) is 0 Å². The summed E-state index contributed by atoms with van der Waals surface area (Å²) in [6.07, 6.45) is 2.58. The van der Waals surface area contributed by atoms with E-state index in [1.54, 1.807) is 7.11 Å². The lowest BCUT2D eigenvalue weighted by atomic mass is 9.98. The molecule has 1 aliphatic heterocycles. The summed E-state index contributed by atoms with van der Waals surface area (Å²) in [5.74, 6) is 0.773. The van der Waals surface area contributed by atoms with Crippen LogP contribution in [0.15, 0.2) is 0 Å². The number of hydrogen-bond acceptors (Lipinski definition) is 3. The zero-order chi connectivity index (χ0) is 10.2. The summed E-state index contributed by atoms with van der Waals surface area (Å²) in [5, 5.41) is 0. The van der Waals surface area contributed by atoms with Crippen LogP contribution in [0.4, 0.5) is 0 Å². The molecule has 0 aromatic rings. The molecule has 14 heavy (non-hydrogen) atoms. The first-order valence-corrected chi connectivity index (χ1v) is 5.65. The highest BCUT2D eigenvalue weighted by atomic mass is 16.5. The van der Waals surface area contributed by atoms with Crippen molar-refractivity contribution in [3.05, 3.63) is 0 Å². The molecule has 0 amide bonds. The van der Waals surface area contributed by atoms with Crippen molar-refractivity contribution in [1.29, 1.82) is 0 Å². The van der Waals surface area contributed by atoms with Crippen molar-refractivity contribution in [3.8, 4) is 0 Å². The van der Waals surface area contributed by atoms with Crippen molar-refractivity contribution >= 4 is 0 Å². The third-order valence-electron chi connectivity index (χ3n) is 2.94. The van der Waals surface area contributed by atoms with Gasteiger partial charge >= 0.3 is 0 Å². The number of rotatable bonds is 6. The van der Waals surface area contributed by atoms with E-state index >= 15 is 0 Å². The van der Waals surface area contributed by atoms with Gasteiger partial charge in [0, 0.05) is 13.7 Å². The van der Waals surface area contributed by atoms with Crippen LogP contribution in [0.1, 0.15) is 19.8 Å². The molecule has 0 aromatic heterocycles. The molecule has 0 radical (unpaired) electrons. The molecule has 0 aliphatic carbocycles. The van der Waals surface area contributed by atoms with Gasteiger partial charge in [0.1, 0.15) is 0 Å². The van der Waals surface area contributed by atoms with Crippen LogP contribution in [0.5, 0.6) is 0 Å².